The highest BCUT2D eigenvalue weighted by Gasteiger charge is 2.32. The van der Waals surface area contributed by atoms with Crippen LogP contribution in [0.3, 0.4) is 0 Å². The molecule has 5 nitrogen and oxygen atoms in total. The van der Waals surface area contributed by atoms with Gasteiger partial charge in [-0.3, -0.25) is 0 Å². The monoisotopic (exact) mass is 290 g/mol. The Hall–Kier alpha value is -1.36. The third-order valence-electron chi connectivity index (χ3n) is 4.15. The fraction of sp³-hybridized carbons (Fsp3) is 0.750. The minimum absolute atomic E-state index is 0.572. The van der Waals surface area contributed by atoms with Gasteiger partial charge in [-0.05, 0) is 38.6 Å². The smallest absolute Gasteiger partial charge is 0.228 e. The lowest BCUT2D eigenvalue weighted by atomic mass is 10.0. The first kappa shape index (κ1) is 14.6. The van der Waals surface area contributed by atoms with Crippen molar-refractivity contribution < 1.29 is 4.74 Å². The molecule has 1 saturated carbocycles. The third-order valence-corrected chi connectivity index (χ3v) is 4.15. The van der Waals surface area contributed by atoms with Gasteiger partial charge in [0.15, 0.2) is 0 Å². The van der Waals surface area contributed by atoms with Crippen molar-refractivity contribution in [2.75, 3.05) is 24.6 Å². The van der Waals surface area contributed by atoms with Gasteiger partial charge in [-0.1, -0.05) is 13.3 Å². The molecule has 0 aromatic carbocycles. The van der Waals surface area contributed by atoms with Gasteiger partial charge < -0.3 is 15.0 Å². The molecule has 0 amide bonds. The van der Waals surface area contributed by atoms with Gasteiger partial charge in [-0.25, -0.2) is 4.98 Å². The van der Waals surface area contributed by atoms with Gasteiger partial charge in [0.2, 0.25) is 11.8 Å². The number of ether oxygens (including phenoxy) is 1. The zero-order valence-electron chi connectivity index (χ0n) is 12.9. The summed E-state index contributed by atoms with van der Waals surface area (Å²) in [6, 6.07) is 3.04. The van der Waals surface area contributed by atoms with Crippen LogP contribution in [-0.4, -0.2) is 41.7 Å². The van der Waals surface area contributed by atoms with Crippen molar-refractivity contribution in [1.29, 1.82) is 0 Å². The maximum Gasteiger partial charge on any atom is 0.228 e. The molecule has 2 heterocycles. The van der Waals surface area contributed by atoms with Crippen molar-refractivity contribution in [3.63, 3.8) is 0 Å². The third kappa shape index (κ3) is 4.06. The number of hydrogen-bond donors (Lipinski definition) is 1. The van der Waals surface area contributed by atoms with Gasteiger partial charge in [-0.15, -0.1) is 0 Å². The number of anilines is 1. The summed E-state index contributed by atoms with van der Waals surface area (Å²) in [6.07, 6.45) is 9.23. The van der Waals surface area contributed by atoms with E-state index in [9.17, 15) is 0 Å². The van der Waals surface area contributed by atoms with Crippen LogP contribution in [0.1, 0.15) is 45.4 Å². The van der Waals surface area contributed by atoms with E-state index in [0.29, 0.717) is 24.6 Å². The Kier molecular flexibility index (Phi) is 4.91. The molecule has 1 unspecified atom stereocenters. The van der Waals surface area contributed by atoms with E-state index < -0.39 is 0 Å². The first-order valence-corrected chi connectivity index (χ1v) is 8.32. The Labute approximate surface area is 127 Å². The van der Waals surface area contributed by atoms with Crippen LogP contribution in [-0.2, 0) is 0 Å². The quantitative estimate of drug-likeness (QED) is 0.835. The van der Waals surface area contributed by atoms with Crippen molar-refractivity contribution in [3.8, 4) is 5.88 Å². The van der Waals surface area contributed by atoms with Crippen molar-refractivity contribution >= 4 is 5.95 Å². The summed E-state index contributed by atoms with van der Waals surface area (Å²) in [5.41, 5.74) is 0. The van der Waals surface area contributed by atoms with E-state index >= 15 is 0 Å². The lowest BCUT2D eigenvalue weighted by Gasteiger charge is -2.30. The second kappa shape index (κ2) is 7.07. The number of aromatic nitrogens is 2. The fourth-order valence-electron chi connectivity index (χ4n) is 2.86. The predicted molar refractivity (Wildman–Crippen MR) is 83.8 cm³/mol. The highest BCUT2D eigenvalue weighted by molar-refractivity contribution is 5.36. The van der Waals surface area contributed by atoms with Crippen LogP contribution in [0.15, 0.2) is 12.3 Å². The van der Waals surface area contributed by atoms with Gasteiger partial charge in [-0.2, -0.15) is 4.98 Å². The molecule has 3 rings (SSSR count). The van der Waals surface area contributed by atoms with E-state index in [4.69, 9.17) is 4.74 Å². The summed E-state index contributed by atoms with van der Waals surface area (Å²) in [5.74, 6) is 1.53. The van der Waals surface area contributed by atoms with Crippen LogP contribution in [0.2, 0.25) is 0 Å². The van der Waals surface area contributed by atoms with Crippen LogP contribution in [0.5, 0.6) is 5.88 Å². The number of piperidine rings is 1. The van der Waals surface area contributed by atoms with Crippen LogP contribution in [0.4, 0.5) is 5.95 Å². The molecule has 1 aliphatic carbocycles. The van der Waals surface area contributed by atoms with E-state index in [-0.39, 0.29) is 0 Å². The minimum Gasteiger partial charge on any atom is -0.478 e. The van der Waals surface area contributed by atoms with Crippen molar-refractivity contribution in [1.82, 2.24) is 15.3 Å². The summed E-state index contributed by atoms with van der Waals surface area (Å²) >= 11 is 0. The molecule has 1 aliphatic heterocycles. The summed E-state index contributed by atoms with van der Waals surface area (Å²) in [7, 11) is 0. The van der Waals surface area contributed by atoms with Crippen LogP contribution >= 0.6 is 0 Å². The lowest BCUT2D eigenvalue weighted by molar-refractivity contribution is 0.304. The molecule has 0 radical (unpaired) electrons. The molecule has 2 fully saturated rings. The lowest BCUT2D eigenvalue weighted by Crippen LogP contribution is -2.45. The molecule has 2 aliphatic rings. The molecule has 116 valence electrons. The molecule has 21 heavy (non-hydrogen) atoms. The molecule has 1 N–H and O–H groups in total. The van der Waals surface area contributed by atoms with Crippen molar-refractivity contribution in [2.45, 2.75) is 57.5 Å². The topological polar surface area (TPSA) is 50.3 Å². The largest absolute Gasteiger partial charge is 0.478 e. The second-order valence-electron chi connectivity index (χ2n) is 6.07. The highest BCUT2D eigenvalue weighted by atomic mass is 16.5. The number of rotatable bonds is 7. The Balaban J connectivity index is 1.67. The van der Waals surface area contributed by atoms with Gasteiger partial charge in [0.05, 0.1) is 6.61 Å². The predicted octanol–water partition coefficient (Wildman–Crippen LogP) is 2.38. The molecular formula is C16H26N4O. The number of nitrogens with zero attached hydrogens (tertiary/aromatic N) is 3. The number of nitrogens with one attached hydrogen (secondary N) is 1. The normalized spacial score (nSPS) is 22.0. The van der Waals surface area contributed by atoms with Gasteiger partial charge in [0, 0.05) is 30.9 Å². The Morgan fingerprint density at radius 3 is 2.95 bits per heavy atom. The van der Waals surface area contributed by atoms with E-state index in [2.05, 4.69) is 27.1 Å². The van der Waals surface area contributed by atoms with E-state index in [1.807, 2.05) is 12.3 Å². The van der Waals surface area contributed by atoms with Crippen LogP contribution in [0.25, 0.3) is 0 Å². The van der Waals surface area contributed by atoms with E-state index in [1.165, 1.54) is 32.1 Å². The zero-order valence-corrected chi connectivity index (χ0v) is 12.9. The average molecular weight is 290 g/mol. The first-order valence-electron chi connectivity index (χ1n) is 8.32. The first-order chi connectivity index (χ1) is 10.4. The highest BCUT2D eigenvalue weighted by Crippen LogP contribution is 2.31. The molecule has 0 spiro atoms. The maximum absolute atomic E-state index is 5.64. The summed E-state index contributed by atoms with van der Waals surface area (Å²) in [4.78, 5) is 11.5. The second-order valence-corrected chi connectivity index (χ2v) is 6.07. The standard InChI is InChI=1S/C16H26N4O/c1-2-11-21-15-8-10-18-16(19-15)20(14-6-7-14)12-13-5-3-4-9-17-13/h8,10,13-14,17H,2-7,9,11-12H2,1H3. The molecular weight excluding hydrogens is 264 g/mol. The Bertz CT molecular complexity index is 444. The van der Waals surface area contributed by atoms with Crippen molar-refractivity contribution in [3.05, 3.63) is 12.3 Å². The van der Waals surface area contributed by atoms with E-state index in [0.717, 1.165) is 25.5 Å². The van der Waals surface area contributed by atoms with Crippen molar-refractivity contribution in [2.24, 2.45) is 0 Å². The van der Waals surface area contributed by atoms with Gasteiger partial charge >= 0.3 is 0 Å². The number of hydrogen-bond acceptors (Lipinski definition) is 5. The average Bonchev–Trinajstić information content (AvgIpc) is 3.37. The Morgan fingerprint density at radius 1 is 1.33 bits per heavy atom. The SMILES string of the molecule is CCCOc1ccnc(N(CC2CCCCN2)C2CC2)n1. The van der Waals surface area contributed by atoms with Gasteiger partial charge in [0.25, 0.3) is 0 Å². The minimum atomic E-state index is 0.572. The van der Waals surface area contributed by atoms with Gasteiger partial charge in [0.1, 0.15) is 0 Å². The van der Waals surface area contributed by atoms with Crippen LogP contribution < -0.4 is 15.0 Å². The fourth-order valence-corrected chi connectivity index (χ4v) is 2.86. The molecule has 1 aromatic heterocycles. The summed E-state index contributed by atoms with van der Waals surface area (Å²) in [6.45, 7) is 4.98. The maximum atomic E-state index is 5.64. The molecule has 1 aromatic rings. The summed E-state index contributed by atoms with van der Waals surface area (Å²) in [5, 5.41) is 3.62. The molecule has 5 heteroatoms. The van der Waals surface area contributed by atoms with Crippen LogP contribution in [0, 0.1) is 0 Å². The molecule has 1 atom stereocenters. The van der Waals surface area contributed by atoms with E-state index in [1.54, 1.807) is 0 Å². The molecule has 1 saturated heterocycles. The molecule has 0 bridgehead atoms. The zero-order chi connectivity index (χ0) is 14.5. The summed E-state index contributed by atoms with van der Waals surface area (Å²) < 4.78 is 5.64. The Morgan fingerprint density at radius 2 is 2.24 bits per heavy atom.